The summed E-state index contributed by atoms with van der Waals surface area (Å²) in [5, 5.41) is 12.0. The summed E-state index contributed by atoms with van der Waals surface area (Å²) in [4.78, 5) is 15.4. The van der Waals surface area contributed by atoms with Crippen molar-refractivity contribution in [2.75, 3.05) is 0 Å². The number of fused-ring (bicyclic) bond motifs is 1. The van der Waals surface area contributed by atoms with E-state index in [1.807, 2.05) is 24.3 Å². The minimum atomic E-state index is -0.527. The molecule has 1 aliphatic rings. The van der Waals surface area contributed by atoms with Crippen LogP contribution in [0, 0.1) is 0 Å². The quantitative estimate of drug-likeness (QED) is 0.450. The van der Waals surface area contributed by atoms with E-state index in [0.717, 1.165) is 30.6 Å². The highest BCUT2D eigenvalue weighted by Gasteiger charge is 2.21. The number of rotatable bonds is 5. The molecule has 1 unspecified atom stereocenters. The van der Waals surface area contributed by atoms with Gasteiger partial charge >= 0.3 is 0 Å². The van der Waals surface area contributed by atoms with Crippen molar-refractivity contribution in [2.45, 2.75) is 25.4 Å². The largest absolute Gasteiger partial charge is 0.304 e. The van der Waals surface area contributed by atoms with Crippen LogP contribution < -0.4 is 10.8 Å². The lowest BCUT2D eigenvalue weighted by molar-refractivity contribution is -0.124. The molecule has 1 aliphatic carbocycles. The molecule has 0 fully saturated rings. The molecular formula is C18H19N3O2. The molecule has 23 heavy (non-hydrogen) atoms. The zero-order valence-electron chi connectivity index (χ0n) is 12.7. The van der Waals surface area contributed by atoms with E-state index in [4.69, 9.17) is 5.21 Å². The first-order valence-corrected chi connectivity index (χ1v) is 7.64. The fourth-order valence-corrected chi connectivity index (χ4v) is 2.89. The Balaban J connectivity index is 1.66. The van der Waals surface area contributed by atoms with Crippen molar-refractivity contribution in [2.24, 2.45) is 0 Å². The molecule has 0 saturated carbocycles. The Labute approximate surface area is 135 Å². The molecule has 1 aromatic carbocycles. The van der Waals surface area contributed by atoms with Crippen LogP contribution in [0.4, 0.5) is 0 Å². The maximum Gasteiger partial charge on any atom is 0.267 e. The van der Waals surface area contributed by atoms with Crippen LogP contribution >= 0.6 is 0 Å². The summed E-state index contributed by atoms with van der Waals surface area (Å²) < 4.78 is 0. The highest BCUT2D eigenvalue weighted by Crippen LogP contribution is 2.32. The van der Waals surface area contributed by atoms with Gasteiger partial charge in [0.25, 0.3) is 5.91 Å². The van der Waals surface area contributed by atoms with Crippen LogP contribution in [0.15, 0.2) is 48.7 Å². The smallest absolute Gasteiger partial charge is 0.267 e. The van der Waals surface area contributed by atoms with Gasteiger partial charge in [-0.25, -0.2) is 5.48 Å². The number of aryl methyl sites for hydroxylation is 1. The Morgan fingerprint density at radius 2 is 2.26 bits per heavy atom. The number of benzene rings is 1. The first kappa shape index (κ1) is 15.4. The molecule has 1 heterocycles. The number of hydroxylamine groups is 1. The maximum atomic E-state index is 11.0. The van der Waals surface area contributed by atoms with E-state index in [0.29, 0.717) is 6.04 Å². The second kappa shape index (κ2) is 7.17. The zero-order valence-corrected chi connectivity index (χ0v) is 12.7. The topological polar surface area (TPSA) is 74.2 Å². The van der Waals surface area contributed by atoms with Gasteiger partial charge < -0.3 is 5.32 Å². The normalized spacial score (nSPS) is 16.5. The van der Waals surface area contributed by atoms with E-state index in [2.05, 4.69) is 22.4 Å². The maximum absolute atomic E-state index is 11.0. The number of carbonyl (C=O) groups is 1. The van der Waals surface area contributed by atoms with E-state index < -0.39 is 5.91 Å². The molecule has 1 amide bonds. The number of carbonyl (C=O) groups excluding carboxylic acids is 1. The summed E-state index contributed by atoms with van der Waals surface area (Å²) in [7, 11) is 0. The SMILES string of the molecule is O=C(C=Cc1ccc2c(c1)CCC2NCc1ccccn1)NO. The van der Waals surface area contributed by atoms with Gasteiger partial charge in [-0.05, 0) is 47.7 Å². The molecule has 0 saturated heterocycles. The van der Waals surface area contributed by atoms with Gasteiger partial charge in [0, 0.05) is 24.9 Å². The van der Waals surface area contributed by atoms with Crippen LogP contribution in [0.5, 0.6) is 0 Å². The molecule has 0 bridgehead atoms. The molecule has 5 heteroatoms. The molecule has 118 valence electrons. The number of amides is 1. The van der Waals surface area contributed by atoms with Crippen LogP contribution in [0.1, 0.15) is 34.8 Å². The molecule has 1 aromatic heterocycles. The van der Waals surface area contributed by atoms with E-state index in [-0.39, 0.29) is 0 Å². The van der Waals surface area contributed by atoms with Gasteiger partial charge in [-0.1, -0.05) is 24.3 Å². The Hall–Kier alpha value is -2.50. The van der Waals surface area contributed by atoms with E-state index in [9.17, 15) is 4.79 Å². The summed E-state index contributed by atoms with van der Waals surface area (Å²) in [5.74, 6) is -0.527. The van der Waals surface area contributed by atoms with Crippen molar-refractivity contribution >= 4 is 12.0 Å². The van der Waals surface area contributed by atoms with Gasteiger partial charge in [-0.15, -0.1) is 0 Å². The number of nitrogens with one attached hydrogen (secondary N) is 2. The molecule has 5 nitrogen and oxygen atoms in total. The molecule has 2 aromatic rings. The van der Waals surface area contributed by atoms with Crippen LogP contribution in [-0.2, 0) is 17.8 Å². The third-order valence-corrected chi connectivity index (χ3v) is 4.04. The second-order valence-corrected chi connectivity index (χ2v) is 5.56. The van der Waals surface area contributed by atoms with Crippen molar-refractivity contribution in [3.63, 3.8) is 0 Å². The van der Waals surface area contributed by atoms with Crippen molar-refractivity contribution < 1.29 is 10.0 Å². The molecule has 0 radical (unpaired) electrons. The number of hydrogen-bond donors (Lipinski definition) is 3. The van der Waals surface area contributed by atoms with Crippen LogP contribution in [-0.4, -0.2) is 16.1 Å². The lowest BCUT2D eigenvalue weighted by Crippen LogP contribution is -2.19. The predicted molar refractivity (Wildman–Crippen MR) is 87.5 cm³/mol. The zero-order chi connectivity index (χ0) is 16.1. The molecule has 0 spiro atoms. The first-order valence-electron chi connectivity index (χ1n) is 7.64. The number of hydrogen-bond acceptors (Lipinski definition) is 4. The average Bonchev–Trinajstić information content (AvgIpc) is 3.01. The monoisotopic (exact) mass is 309 g/mol. The Morgan fingerprint density at radius 1 is 1.35 bits per heavy atom. The van der Waals surface area contributed by atoms with Crippen molar-refractivity contribution in [1.82, 2.24) is 15.8 Å². The predicted octanol–water partition coefficient (Wildman–Crippen LogP) is 2.38. The number of aromatic nitrogens is 1. The van der Waals surface area contributed by atoms with Crippen LogP contribution in [0.2, 0.25) is 0 Å². The highest BCUT2D eigenvalue weighted by molar-refractivity contribution is 5.90. The molecule has 3 rings (SSSR count). The molecule has 0 aliphatic heterocycles. The third-order valence-electron chi connectivity index (χ3n) is 4.04. The first-order chi connectivity index (χ1) is 11.3. The van der Waals surface area contributed by atoms with Crippen molar-refractivity contribution in [3.8, 4) is 0 Å². The summed E-state index contributed by atoms with van der Waals surface area (Å²) in [6.45, 7) is 0.753. The Kier molecular flexibility index (Phi) is 4.80. The summed E-state index contributed by atoms with van der Waals surface area (Å²) in [5.41, 5.74) is 6.19. The number of nitrogens with zero attached hydrogens (tertiary/aromatic N) is 1. The molecular weight excluding hydrogens is 290 g/mol. The Morgan fingerprint density at radius 3 is 3.04 bits per heavy atom. The van der Waals surface area contributed by atoms with Gasteiger partial charge in [0.2, 0.25) is 0 Å². The average molecular weight is 309 g/mol. The van der Waals surface area contributed by atoms with Crippen molar-refractivity contribution in [3.05, 3.63) is 71.1 Å². The van der Waals surface area contributed by atoms with E-state index in [1.54, 1.807) is 17.8 Å². The fourth-order valence-electron chi connectivity index (χ4n) is 2.89. The highest BCUT2D eigenvalue weighted by atomic mass is 16.5. The third kappa shape index (κ3) is 3.83. The summed E-state index contributed by atoms with van der Waals surface area (Å²) in [6, 6.07) is 12.5. The summed E-state index contributed by atoms with van der Waals surface area (Å²) in [6.07, 6.45) is 6.89. The van der Waals surface area contributed by atoms with Gasteiger partial charge in [0.05, 0.1) is 5.69 Å². The minimum absolute atomic E-state index is 0.339. The lowest BCUT2D eigenvalue weighted by atomic mass is 10.0. The van der Waals surface area contributed by atoms with Gasteiger partial charge in [-0.3, -0.25) is 15.0 Å². The fraction of sp³-hybridized carbons (Fsp3) is 0.222. The van der Waals surface area contributed by atoms with Crippen molar-refractivity contribution in [1.29, 1.82) is 0 Å². The van der Waals surface area contributed by atoms with E-state index in [1.165, 1.54) is 17.2 Å². The van der Waals surface area contributed by atoms with Crippen LogP contribution in [0.25, 0.3) is 6.08 Å². The number of pyridine rings is 1. The standard InChI is InChI=1S/C18H19N3O2/c22-18(21-23)9-5-13-4-7-16-14(11-13)6-8-17(16)20-12-15-3-1-2-10-19-15/h1-5,7,9-11,17,20,23H,6,8,12H2,(H,21,22). The van der Waals surface area contributed by atoms with Crippen LogP contribution in [0.3, 0.4) is 0 Å². The minimum Gasteiger partial charge on any atom is -0.304 e. The summed E-state index contributed by atoms with van der Waals surface area (Å²) >= 11 is 0. The second-order valence-electron chi connectivity index (χ2n) is 5.56. The Bertz CT molecular complexity index is 713. The van der Waals surface area contributed by atoms with Gasteiger partial charge in [-0.2, -0.15) is 0 Å². The van der Waals surface area contributed by atoms with Gasteiger partial charge in [0.15, 0.2) is 0 Å². The van der Waals surface area contributed by atoms with Gasteiger partial charge in [0.1, 0.15) is 0 Å². The van der Waals surface area contributed by atoms with E-state index >= 15 is 0 Å². The lowest BCUT2D eigenvalue weighted by Gasteiger charge is -2.14. The molecule has 1 atom stereocenters. The molecule has 3 N–H and O–H groups in total.